The Morgan fingerprint density at radius 3 is 1.95 bits per heavy atom. The molecule has 0 heterocycles. The molecule has 104 valence electrons. The van der Waals surface area contributed by atoms with Crippen LogP contribution in [-0.4, -0.2) is 0 Å². The Labute approximate surface area is 130 Å². The van der Waals surface area contributed by atoms with E-state index in [0.717, 1.165) is 0 Å². The van der Waals surface area contributed by atoms with Crippen LogP contribution >= 0.6 is 0 Å². The van der Waals surface area contributed by atoms with Gasteiger partial charge >= 0.3 is 0 Å². The fourth-order valence-corrected chi connectivity index (χ4v) is 2.88. The molecule has 0 N–H and O–H groups in total. The topological polar surface area (TPSA) is 0 Å². The number of rotatable bonds is 2. The highest BCUT2D eigenvalue weighted by Crippen LogP contribution is 2.26. The largest absolute Gasteiger partial charge is 0.0622 e. The molecule has 0 aromatic heterocycles. The molecule has 0 nitrogen and oxygen atoms in total. The van der Waals surface area contributed by atoms with Crippen molar-refractivity contribution in [3.8, 4) is 0 Å². The first-order chi connectivity index (χ1) is 10.9. The van der Waals surface area contributed by atoms with Crippen LogP contribution in [0.1, 0.15) is 11.1 Å². The summed E-state index contributed by atoms with van der Waals surface area (Å²) >= 11 is 0. The van der Waals surface area contributed by atoms with E-state index >= 15 is 0 Å². The second kappa shape index (κ2) is 5.50. The van der Waals surface area contributed by atoms with Gasteiger partial charge in [0.25, 0.3) is 0 Å². The fraction of sp³-hybridized carbons (Fsp3) is 0. The van der Waals surface area contributed by atoms with Gasteiger partial charge in [0, 0.05) is 0 Å². The minimum Gasteiger partial charge on any atom is -0.0622 e. The molecule has 0 saturated carbocycles. The van der Waals surface area contributed by atoms with Crippen LogP contribution in [0.5, 0.6) is 0 Å². The summed E-state index contributed by atoms with van der Waals surface area (Å²) in [6, 6.07) is 30.0. The summed E-state index contributed by atoms with van der Waals surface area (Å²) in [6.45, 7) is 0. The molecule has 4 aromatic rings. The zero-order valence-electron chi connectivity index (χ0n) is 12.2. The predicted octanol–water partition coefficient (Wildman–Crippen LogP) is 6.16. The smallest absolute Gasteiger partial charge is 0.00995 e. The summed E-state index contributed by atoms with van der Waals surface area (Å²) < 4.78 is 0. The molecular formula is C22H16. The van der Waals surface area contributed by atoms with Gasteiger partial charge in [-0.3, -0.25) is 0 Å². The molecule has 0 heteroatoms. The third kappa shape index (κ3) is 2.40. The molecule has 0 radical (unpaired) electrons. The first-order valence-corrected chi connectivity index (χ1v) is 7.55. The van der Waals surface area contributed by atoms with Crippen LogP contribution in [0, 0.1) is 0 Å². The molecule has 0 atom stereocenters. The van der Waals surface area contributed by atoms with Crippen molar-refractivity contribution in [2.75, 3.05) is 0 Å². The second-order valence-electron chi connectivity index (χ2n) is 5.51. The third-order valence-corrected chi connectivity index (χ3v) is 4.04. The van der Waals surface area contributed by atoms with Crippen molar-refractivity contribution in [1.82, 2.24) is 0 Å². The van der Waals surface area contributed by atoms with Crippen LogP contribution in [0.2, 0.25) is 0 Å². The summed E-state index contributed by atoms with van der Waals surface area (Å²) in [6.07, 6.45) is 4.34. The van der Waals surface area contributed by atoms with E-state index in [4.69, 9.17) is 0 Å². The maximum absolute atomic E-state index is 2.27. The van der Waals surface area contributed by atoms with Crippen molar-refractivity contribution in [2.45, 2.75) is 0 Å². The molecule has 0 spiro atoms. The van der Waals surface area contributed by atoms with Crippen molar-refractivity contribution in [2.24, 2.45) is 0 Å². The highest BCUT2D eigenvalue weighted by Gasteiger charge is 2.00. The lowest BCUT2D eigenvalue weighted by Gasteiger charge is -2.05. The quantitative estimate of drug-likeness (QED) is 0.304. The van der Waals surface area contributed by atoms with E-state index in [1.807, 2.05) is 6.07 Å². The molecule has 4 rings (SSSR count). The zero-order chi connectivity index (χ0) is 14.8. The van der Waals surface area contributed by atoms with Crippen molar-refractivity contribution < 1.29 is 0 Å². The molecule has 0 aliphatic heterocycles. The van der Waals surface area contributed by atoms with Crippen LogP contribution in [-0.2, 0) is 0 Å². The van der Waals surface area contributed by atoms with Gasteiger partial charge in [0.15, 0.2) is 0 Å². The van der Waals surface area contributed by atoms with Crippen LogP contribution in [0.15, 0.2) is 84.9 Å². The maximum atomic E-state index is 2.27. The maximum Gasteiger partial charge on any atom is -0.00995 e. The minimum atomic E-state index is 1.22. The molecule has 22 heavy (non-hydrogen) atoms. The second-order valence-corrected chi connectivity index (χ2v) is 5.51. The van der Waals surface area contributed by atoms with E-state index in [0.29, 0.717) is 0 Å². The van der Waals surface area contributed by atoms with Crippen LogP contribution < -0.4 is 0 Å². The van der Waals surface area contributed by atoms with Crippen molar-refractivity contribution in [3.63, 3.8) is 0 Å². The monoisotopic (exact) mass is 280 g/mol. The Balaban J connectivity index is 1.83. The summed E-state index contributed by atoms with van der Waals surface area (Å²) in [5.74, 6) is 0. The van der Waals surface area contributed by atoms with E-state index in [9.17, 15) is 0 Å². The van der Waals surface area contributed by atoms with Crippen LogP contribution in [0.3, 0.4) is 0 Å². The average Bonchev–Trinajstić information content (AvgIpc) is 2.60. The van der Waals surface area contributed by atoms with Gasteiger partial charge in [-0.05, 0) is 38.7 Å². The Hall–Kier alpha value is -2.86. The van der Waals surface area contributed by atoms with E-state index in [2.05, 4.69) is 91.0 Å². The minimum absolute atomic E-state index is 1.22. The van der Waals surface area contributed by atoms with Gasteiger partial charge in [-0.1, -0.05) is 91.0 Å². The molecular weight excluding hydrogens is 264 g/mol. The summed E-state index contributed by atoms with van der Waals surface area (Å²) in [4.78, 5) is 0. The van der Waals surface area contributed by atoms with Crippen molar-refractivity contribution in [1.29, 1.82) is 0 Å². The summed E-state index contributed by atoms with van der Waals surface area (Å²) in [5.41, 5.74) is 2.45. The fourth-order valence-electron chi connectivity index (χ4n) is 2.88. The molecule has 0 aliphatic carbocycles. The van der Waals surface area contributed by atoms with Gasteiger partial charge in [-0.25, -0.2) is 0 Å². The molecule has 0 unspecified atom stereocenters. The normalized spacial score (nSPS) is 11.5. The molecule has 0 fully saturated rings. The van der Waals surface area contributed by atoms with Gasteiger partial charge in [0.1, 0.15) is 0 Å². The Morgan fingerprint density at radius 1 is 0.455 bits per heavy atom. The number of benzene rings is 4. The summed E-state index contributed by atoms with van der Waals surface area (Å²) in [7, 11) is 0. The van der Waals surface area contributed by atoms with Crippen LogP contribution in [0.4, 0.5) is 0 Å². The SMILES string of the molecule is C(=C\c1ccc2ccc3ccccc3c2c1)/c1ccccc1. The number of hydrogen-bond donors (Lipinski definition) is 0. The molecule has 4 aromatic carbocycles. The first kappa shape index (κ1) is 12.8. The Morgan fingerprint density at radius 2 is 1.09 bits per heavy atom. The standard InChI is InChI=1S/C22H16/c1-2-6-17(7-3-1)10-11-18-12-13-20-15-14-19-8-4-5-9-21(19)22(20)16-18/h1-16H/b11-10+. The lowest BCUT2D eigenvalue weighted by Crippen LogP contribution is -1.79. The van der Waals surface area contributed by atoms with Gasteiger partial charge < -0.3 is 0 Å². The van der Waals surface area contributed by atoms with Gasteiger partial charge in [0.2, 0.25) is 0 Å². The lowest BCUT2D eigenvalue weighted by atomic mass is 10.00. The number of hydrogen-bond acceptors (Lipinski definition) is 0. The van der Waals surface area contributed by atoms with E-state index in [-0.39, 0.29) is 0 Å². The van der Waals surface area contributed by atoms with Crippen molar-refractivity contribution >= 4 is 33.7 Å². The molecule has 0 bridgehead atoms. The third-order valence-electron chi connectivity index (χ3n) is 4.04. The highest BCUT2D eigenvalue weighted by atomic mass is 14.0. The predicted molar refractivity (Wildman–Crippen MR) is 96.8 cm³/mol. The molecule has 0 saturated heterocycles. The van der Waals surface area contributed by atoms with E-state index in [1.165, 1.54) is 32.7 Å². The van der Waals surface area contributed by atoms with E-state index in [1.54, 1.807) is 0 Å². The number of fused-ring (bicyclic) bond motifs is 3. The zero-order valence-corrected chi connectivity index (χ0v) is 12.2. The van der Waals surface area contributed by atoms with Gasteiger partial charge in [-0.2, -0.15) is 0 Å². The Kier molecular flexibility index (Phi) is 3.21. The first-order valence-electron chi connectivity index (χ1n) is 7.55. The van der Waals surface area contributed by atoms with Gasteiger partial charge in [-0.15, -0.1) is 0 Å². The van der Waals surface area contributed by atoms with Crippen molar-refractivity contribution in [3.05, 3.63) is 96.1 Å². The molecule has 0 aliphatic rings. The van der Waals surface area contributed by atoms with E-state index < -0.39 is 0 Å². The lowest BCUT2D eigenvalue weighted by molar-refractivity contribution is 1.66. The Bertz CT molecular complexity index is 963. The van der Waals surface area contributed by atoms with Gasteiger partial charge in [0.05, 0.1) is 0 Å². The highest BCUT2D eigenvalue weighted by molar-refractivity contribution is 6.08. The summed E-state index contributed by atoms with van der Waals surface area (Å²) in [5, 5.41) is 5.21. The molecule has 0 amide bonds. The average molecular weight is 280 g/mol. The van der Waals surface area contributed by atoms with Crippen LogP contribution in [0.25, 0.3) is 33.7 Å².